The zero-order valence-electron chi connectivity index (χ0n) is 12.7. The Morgan fingerprint density at radius 1 is 1.12 bits per heavy atom. The highest BCUT2D eigenvalue weighted by Gasteiger charge is 2.11. The third kappa shape index (κ3) is 3.54. The van der Waals surface area contributed by atoms with Gasteiger partial charge in [0.1, 0.15) is 0 Å². The van der Waals surface area contributed by atoms with Crippen molar-refractivity contribution in [1.29, 1.82) is 0 Å². The second-order valence-corrected chi connectivity index (χ2v) is 5.12. The van der Waals surface area contributed by atoms with Gasteiger partial charge in [0.25, 0.3) is 11.7 Å². The molecule has 0 saturated heterocycles. The molecule has 8 nitrogen and oxygen atoms in total. The Morgan fingerprint density at radius 3 is 2.67 bits per heavy atom. The summed E-state index contributed by atoms with van der Waals surface area (Å²) in [6.45, 7) is 0. The largest absolute Gasteiger partial charge is 0.550 e. The third-order valence-corrected chi connectivity index (χ3v) is 3.35. The van der Waals surface area contributed by atoms with E-state index in [4.69, 9.17) is 0 Å². The Bertz CT molecular complexity index is 876. The maximum Gasteiger partial charge on any atom is 0.254 e. The number of hydrogen-bond donors (Lipinski definition) is 1. The molecule has 0 atom stereocenters. The van der Waals surface area contributed by atoms with Crippen LogP contribution in [0.3, 0.4) is 0 Å². The highest BCUT2D eigenvalue weighted by Crippen LogP contribution is 2.19. The molecule has 0 bridgehead atoms. The van der Waals surface area contributed by atoms with Gasteiger partial charge in [0.2, 0.25) is 5.91 Å². The van der Waals surface area contributed by atoms with Crippen molar-refractivity contribution in [3.63, 3.8) is 0 Å². The van der Waals surface area contributed by atoms with Crippen LogP contribution in [0.4, 0.5) is 5.95 Å². The summed E-state index contributed by atoms with van der Waals surface area (Å²) < 4.78 is 1.55. The van der Waals surface area contributed by atoms with Gasteiger partial charge in [-0.1, -0.05) is 30.3 Å². The minimum Gasteiger partial charge on any atom is -0.550 e. The molecular formula is C16H14N5O3-. The standard InChI is InChI=1S/C16H15N5O3/c22-13(7-4-8-14(23)24)18-15-19-16-17-10-9-12(21(16)20-15)11-5-2-1-3-6-11/h1-3,5-6,9-10H,4,7-8H2,(H,23,24)(H,18,20,22)/p-1. The number of carboxylic acids is 1. The van der Waals surface area contributed by atoms with Crippen LogP contribution in [0.1, 0.15) is 19.3 Å². The average molecular weight is 324 g/mol. The SMILES string of the molecule is O=C([O-])CCCC(=O)Nc1nc2nccc(-c3ccccc3)n2n1. The van der Waals surface area contributed by atoms with Gasteiger partial charge in [0.05, 0.1) is 5.69 Å². The number of nitrogens with zero attached hydrogens (tertiary/aromatic N) is 4. The number of aliphatic carboxylic acids is 1. The molecule has 0 aliphatic heterocycles. The van der Waals surface area contributed by atoms with Crippen LogP contribution in [-0.2, 0) is 9.59 Å². The van der Waals surface area contributed by atoms with E-state index < -0.39 is 5.97 Å². The number of amides is 1. The molecular weight excluding hydrogens is 310 g/mol. The average Bonchev–Trinajstić information content (AvgIpc) is 2.97. The number of rotatable bonds is 6. The maximum atomic E-state index is 11.8. The molecule has 3 aromatic rings. The van der Waals surface area contributed by atoms with E-state index in [1.165, 1.54) is 0 Å². The molecule has 3 rings (SSSR count). The molecule has 0 radical (unpaired) electrons. The number of fused-ring (bicyclic) bond motifs is 1. The van der Waals surface area contributed by atoms with E-state index in [0.29, 0.717) is 5.78 Å². The summed E-state index contributed by atoms with van der Waals surface area (Å²) in [6, 6.07) is 11.4. The lowest BCUT2D eigenvalue weighted by molar-refractivity contribution is -0.305. The highest BCUT2D eigenvalue weighted by atomic mass is 16.4. The first-order valence-corrected chi connectivity index (χ1v) is 7.40. The number of anilines is 1. The van der Waals surface area contributed by atoms with Crippen LogP contribution in [0.25, 0.3) is 17.0 Å². The van der Waals surface area contributed by atoms with E-state index in [1.807, 2.05) is 36.4 Å². The van der Waals surface area contributed by atoms with E-state index >= 15 is 0 Å². The maximum absolute atomic E-state index is 11.8. The Labute approximate surface area is 137 Å². The Balaban J connectivity index is 1.79. The first-order chi connectivity index (χ1) is 11.6. The van der Waals surface area contributed by atoms with Crippen LogP contribution >= 0.6 is 0 Å². The Morgan fingerprint density at radius 2 is 1.92 bits per heavy atom. The molecule has 0 spiro atoms. The normalized spacial score (nSPS) is 10.7. The molecule has 1 N–H and O–H groups in total. The fourth-order valence-corrected chi connectivity index (χ4v) is 2.26. The van der Waals surface area contributed by atoms with Crippen LogP contribution in [0.5, 0.6) is 0 Å². The number of carbonyl (C=O) groups is 2. The van der Waals surface area contributed by atoms with E-state index in [1.54, 1.807) is 10.7 Å². The summed E-state index contributed by atoms with van der Waals surface area (Å²) in [6.07, 6.45) is 1.72. The van der Waals surface area contributed by atoms with E-state index in [0.717, 1.165) is 11.3 Å². The smallest absolute Gasteiger partial charge is 0.254 e. The number of benzene rings is 1. The van der Waals surface area contributed by atoms with Crippen molar-refractivity contribution in [2.75, 3.05) is 5.32 Å². The molecule has 24 heavy (non-hydrogen) atoms. The van der Waals surface area contributed by atoms with Crippen LogP contribution < -0.4 is 10.4 Å². The van der Waals surface area contributed by atoms with Gasteiger partial charge in [0, 0.05) is 24.2 Å². The molecule has 2 aromatic heterocycles. The van der Waals surface area contributed by atoms with Gasteiger partial charge in [-0.05, 0) is 18.9 Å². The topological polar surface area (TPSA) is 112 Å². The predicted molar refractivity (Wildman–Crippen MR) is 83.7 cm³/mol. The van der Waals surface area contributed by atoms with Crippen LogP contribution in [-0.4, -0.2) is 31.5 Å². The number of hydrogen-bond acceptors (Lipinski definition) is 6. The second kappa shape index (κ2) is 6.86. The Hall–Kier alpha value is -3.29. The molecule has 1 aromatic carbocycles. The lowest BCUT2D eigenvalue weighted by Crippen LogP contribution is -2.22. The van der Waals surface area contributed by atoms with Gasteiger partial charge in [-0.3, -0.25) is 10.1 Å². The number of carbonyl (C=O) groups excluding carboxylic acids is 2. The van der Waals surface area contributed by atoms with Gasteiger partial charge >= 0.3 is 0 Å². The zero-order chi connectivity index (χ0) is 16.9. The summed E-state index contributed by atoms with van der Waals surface area (Å²) in [7, 11) is 0. The minimum absolute atomic E-state index is 0.0580. The van der Waals surface area contributed by atoms with Gasteiger partial charge in [-0.2, -0.15) is 9.50 Å². The van der Waals surface area contributed by atoms with Gasteiger partial charge in [-0.15, -0.1) is 5.10 Å². The first kappa shape index (κ1) is 15.6. The lowest BCUT2D eigenvalue weighted by Gasteiger charge is -2.03. The Kier molecular flexibility index (Phi) is 4.46. The number of aromatic nitrogens is 4. The lowest BCUT2D eigenvalue weighted by atomic mass is 10.1. The summed E-state index contributed by atoms with van der Waals surface area (Å²) in [5, 5.41) is 17.2. The highest BCUT2D eigenvalue weighted by molar-refractivity contribution is 5.89. The fourth-order valence-electron chi connectivity index (χ4n) is 2.26. The molecule has 8 heteroatoms. The first-order valence-electron chi connectivity index (χ1n) is 7.40. The summed E-state index contributed by atoms with van der Waals surface area (Å²) in [5.41, 5.74) is 1.74. The summed E-state index contributed by atoms with van der Waals surface area (Å²) in [4.78, 5) is 30.4. The molecule has 1 amide bonds. The van der Waals surface area contributed by atoms with Crippen LogP contribution in [0.2, 0.25) is 0 Å². The van der Waals surface area contributed by atoms with Crippen molar-refractivity contribution >= 4 is 23.6 Å². The molecule has 0 unspecified atom stereocenters. The van der Waals surface area contributed by atoms with Crippen molar-refractivity contribution < 1.29 is 14.7 Å². The van der Waals surface area contributed by atoms with Crippen molar-refractivity contribution in [3.8, 4) is 11.3 Å². The van der Waals surface area contributed by atoms with Crippen molar-refractivity contribution in [2.45, 2.75) is 19.3 Å². The van der Waals surface area contributed by atoms with Gasteiger partial charge in [0.15, 0.2) is 0 Å². The van der Waals surface area contributed by atoms with Gasteiger partial charge in [-0.25, -0.2) is 4.98 Å². The van der Waals surface area contributed by atoms with Crippen LogP contribution in [0, 0.1) is 0 Å². The summed E-state index contributed by atoms with van der Waals surface area (Å²) >= 11 is 0. The fraction of sp³-hybridized carbons (Fsp3) is 0.188. The quantitative estimate of drug-likeness (QED) is 0.712. The number of carboxylic acid groups (broad SMARTS) is 1. The van der Waals surface area contributed by atoms with E-state index in [-0.39, 0.29) is 31.1 Å². The molecule has 0 aliphatic rings. The monoisotopic (exact) mass is 324 g/mol. The van der Waals surface area contributed by atoms with E-state index in [2.05, 4.69) is 20.4 Å². The van der Waals surface area contributed by atoms with Crippen molar-refractivity contribution in [2.24, 2.45) is 0 Å². The van der Waals surface area contributed by atoms with Crippen molar-refractivity contribution in [3.05, 3.63) is 42.6 Å². The molecule has 0 fully saturated rings. The second-order valence-electron chi connectivity index (χ2n) is 5.12. The molecule has 2 heterocycles. The molecule has 0 aliphatic carbocycles. The number of nitrogens with one attached hydrogen (secondary N) is 1. The molecule has 0 saturated carbocycles. The van der Waals surface area contributed by atoms with Crippen LogP contribution in [0.15, 0.2) is 42.6 Å². The third-order valence-electron chi connectivity index (χ3n) is 3.35. The zero-order valence-corrected chi connectivity index (χ0v) is 12.7. The minimum atomic E-state index is -1.18. The van der Waals surface area contributed by atoms with Gasteiger partial charge < -0.3 is 9.90 Å². The molecule has 122 valence electrons. The van der Waals surface area contributed by atoms with E-state index in [9.17, 15) is 14.7 Å². The predicted octanol–water partition coefficient (Wildman–Crippen LogP) is 0.650. The van der Waals surface area contributed by atoms with Crippen molar-refractivity contribution in [1.82, 2.24) is 19.6 Å². The summed E-state index contributed by atoms with van der Waals surface area (Å²) in [5.74, 6) is -1.04.